The fourth-order valence-electron chi connectivity index (χ4n) is 2.42. The molecule has 1 aromatic rings. The Kier molecular flexibility index (Phi) is 3.67. The van der Waals surface area contributed by atoms with Crippen LogP contribution in [0.5, 0.6) is 0 Å². The van der Waals surface area contributed by atoms with E-state index in [9.17, 15) is 0 Å². The smallest absolute Gasteiger partial charge is 0.115 e. The average molecular weight is 205 g/mol. The van der Waals surface area contributed by atoms with Gasteiger partial charge in [-0.05, 0) is 12.3 Å². The molecule has 1 aromatic heterocycles. The topological polar surface area (TPSA) is 51.8 Å². The third kappa shape index (κ3) is 2.99. The summed E-state index contributed by atoms with van der Waals surface area (Å²) in [6.45, 7) is 0. The molecule has 3 nitrogen and oxygen atoms in total. The highest BCUT2D eigenvalue weighted by molar-refractivity contribution is 5.08. The van der Waals surface area contributed by atoms with Crippen LogP contribution in [0.2, 0.25) is 0 Å². The fraction of sp³-hybridized carbons (Fsp3) is 0.667. The van der Waals surface area contributed by atoms with Crippen molar-refractivity contribution in [1.29, 1.82) is 0 Å². The third-order valence-corrected chi connectivity index (χ3v) is 3.32. The first-order chi connectivity index (χ1) is 7.36. The lowest BCUT2D eigenvalue weighted by Gasteiger charge is -2.24. The summed E-state index contributed by atoms with van der Waals surface area (Å²) < 4.78 is 0. The van der Waals surface area contributed by atoms with E-state index in [2.05, 4.69) is 9.97 Å². The van der Waals surface area contributed by atoms with E-state index in [1.807, 2.05) is 12.4 Å². The molecule has 0 aliphatic heterocycles. The number of aromatic nitrogens is 2. The molecular formula is C12H19N3. The van der Waals surface area contributed by atoms with E-state index in [0.717, 1.165) is 17.9 Å². The van der Waals surface area contributed by atoms with Gasteiger partial charge in [-0.15, -0.1) is 0 Å². The molecule has 1 saturated carbocycles. The van der Waals surface area contributed by atoms with Gasteiger partial charge in [0.05, 0.1) is 0 Å². The van der Waals surface area contributed by atoms with Crippen molar-refractivity contribution in [2.45, 2.75) is 44.6 Å². The maximum absolute atomic E-state index is 6.15. The summed E-state index contributed by atoms with van der Waals surface area (Å²) in [5.74, 6) is 0.814. The van der Waals surface area contributed by atoms with E-state index in [1.165, 1.54) is 32.1 Å². The van der Waals surface area contributed by atoms with Gasteiger partial charge in [-0.3, -0.25) is 0 Å². The van der Waals surface area contributed by atoms with E-state index in [4.69, 9.17) is 5.73 Å². The fourth-order valence-corrected chi connectivity index (χ4v) is 2.42. The highest BCUT2D eigenvalue weighted by Gasteiger charge is 2.17. The number of hydrogen-bond donors (Lipinski definition) is 1. The van der Waals surface area contributed by atoms with Crippen molar-refractivity contribution in [1.82, 2.24) is 9.97 Å². The molecule has 1 heterocycles. The first-order valence-electron chi connectivity index (χ1n) is 5.87. The molecule has 1 atom stereocenters. The maximum Gasteiger partial charge on any atom is 0.115 e. The van der Waals surface area contributed by atoms with Gasteiger partial charge < -0.3 is 5.73 Å². The Balaban J connectivity index is 1.88. The zero-order valence-electron chi connectivity index (χ0n) is 9.10. The van der Waals surface area contributed by atoms with Crippen molar-refractivity contribution in [3.63, 3.8) is 0 Å². The monoisotopic (exact) mass is 205 g/mol. The minimum atomic E-state index is 0.120. The average Bonchev–Trinajstić information content (AvgIpc) is 2.31. The summed E-state index contributed by atoms with van der Waals surface area (Å²) in [5, 5.41) is 0. The molecule has 0 saturated heterocycles. The van der Waals surface area contributed by atoms with Crippen LogP contribution in [0.3, 0.4) is 0 Å². The summed E-state index contributed by atoms with van der Waals surface area (Å²) in [4.78, 5) is 8.02. The molecule has 0 aromatic carbocycles. The van der Waals surface area contributed by atoms with Crippen molar-refractivity contribution in [3.8, 4) is 0 Å². The van der Waals surface area contributed by atoms with Gasteiger partial charge in [0.1, 0.15) is 6.33 Å². The van der Waals surface area contributed by atoms with Crippen LogP contribution >= 0.6 is 0 Å². The van der Waals surface area contributed by atoms with E-state index in [-0.39, 0.29) is 6.04 Å². The zero-order valence-corrected chi connectivity index (χ0v) is 9.10. The molecule has 0 bridgehead atoms. The zero-order chi connectivity index (χ0) is 10.5. The van der Waals surface area contributed by atoms with E-state index in [0.29, 0.717) is 0 Å². The predicted octanol–water partition coefficient (Wildman–Crippen LogP) is 2.45. The van der Waals surface area contributed by atoms with Gasteiger partial charge in [-0.25, -0.2) is 9.97 Å². The van der Waals surface area contributed by atoms with Gasteiger partial charge in [0.15, 0.2) is 0 Å². The highest BCUT2D eigenvalue weighted by Crippen LogP contribution is 2.30. The second-order valence-corrected chi connectivity index (χ2v) is 4.52. The molecule has 82 valence electrons. The van der Waals surface area contributed by atoms with E-state index in [1.54, 1.807) is 6.33 Å². The Morgan fingerprint density at radius 1 is 1.20 bits per heavy atom. The summed E-state index contributed by atoms with van der Waals surface area (Å²) in [7, 11) is 0. The van der Waals surface area contributed by atoms with Gasteiger partial charge >= 0.3 is 0 Å². The molecule has 1 unspecified atom stereocenters. The second kappa shape index (κ2) is 5.21. The quantitative estimate of drug-likeness (QED) is 0.824. The van der Waals surface area contributed by atoms with Crippen LogP contribution in [-0.2, 0) is 0 Å². The minimum absolute atomic E-state index is 0.120. The van der Waals surface area contributed by atoms with Gasteiger partial charge in [0.2, 0.25) is 0 Å². The Morgan fingerprint density at radius 3 is 2.53 bits per heavy atom. The van der Waals surface area contributed by atoms with Gasteiger partial charge in [0.25, 0.3) is 0 Å². The van der Waals surface area contributed by atoms with Crippen molar-refractivity contribution in [2.75, 3.05) is 0 Å². The standard InChI is InChI=1S/C12H19N3/c13-12(11-7-14-9-15-8-11)6-10-4-2-1-3-5-10/h7-10,12H,1-6,13H2. The molecule has 2 N–H and O–H groups in total. The molecule has 3 heteroatoms. The maximum atomic E-state index is 6.15. The molecule has 2 rings (SSSR count). The molecule has 1 fully saturated rings. The Labute approximate surface area is 91.1 Å². The largest absolute Gasteiger partial charge is 0.324 e. The second-order valence-electron chi connectivity index (χ2n) is 4.52. The molecule has 0 radical (unpaired) electrons. The first kappa shape index (κ1) is 10.6. The predicted molar refractivity (Wildman–Crippen MR) is 60.2 cm³/mol. The lowest BCUT2D eigenvalue weighted by molar-refractivity contribution is 0.319. The molecule has 0 amide bonds. The highest BCUT2D eigenvalue weighted by atomic mass is 14.8. The Bertz CT molecular complexity index is 280. The molecular weight excluding hydrogens is 186 g/mol. The van der Waals surface area contributed by atoms with Crippen LogP contribution in [0.25, 0.3) is 0 Å². The van der Waals surface area contributed by atoms with Crippen LogP contribution in [-0.4, -0.2) is 9.97 Å². The van der Waals surface area contributed by atoms with Crippen molar-refractivity contribution in [3.05, 3.63) is 24.3 Å². The number of nitrogens with two attached hydrogens (primary N) is 1. The Morgan fingerprint density at radius 2 is 1.87 bits per heavy atom. The SMILES string of the molecule is NC(CC1CCCCC1)c1cncnc1. The van der Waals surface area contributed by atoms with Crippen LogP contribution < -0.4 is 5.73 Å². The van der Waals surface area contributed by atoms with Crippen molar-refractivity contribution >= 4 is 0 Å². The summed E-state index contributed by atoms with van der Waals surface area (Å²) in [5.41, 5.74) is 7.22. The van der Waals surface area contributed by atoms with Crippen molar-refractivity contribution < 1.29 is 0 Å². The van der Waals surface area contributed by atoms with Gasteiger partial charge in [-0.2, -0.15) is 0 Å². The third-order valence-electron chi connectivity index (χ3n) is 3.32. The van der Waals surface area contributed by atoms with Crippen LogP contribution in [0.1, 0.15) is 50.1 Å². The Hall–Kier alpha value is -0.960. The number of nitrogens with zero attached hydrogens (tertiary/aromatic N) is 2. The van der Waals surface area contributed by atoms with Gasteiger partial charge in [0, 0.05) is 24.0 Å². The summed E-state index contributed by atoms with van der Waals surface area (Å²) >= 11 is 0. The first-order valence-corrected chi connectivity index (χ1v) is 5.87. The minimum Gasteiger partial charge on any atom is -0.324 e. The summed E-state index contributed by atoms with van der Waals surface area (Å²) in [6.07, 6.45) is 13.2. The van der Waals surface area contributed by atoms with E-state index < -0.39 is 0 Å². The normalized spacial score (nSPS) is 20.1. The molecule has 0 spiro atoms. The lowest BCUT2D eigenvalue weighted by atomic mass is 9.84. The van der Waals surface area contributed by atoms with Crippen LogP contribution in [0.4, 0.5) is 0 Å². The summed E-state index contributed by atoms with van der Waals surface area (Å²) in [6, 6.07) is 0.120. The van der Waals surface area contributed by atoms with E-state index >= 15 is 0 Å². The van der Waals surface area contributed by atoms with Gasteiger partial charge in [-0.1, -0.05) is 32.1 Å². The van der Waals surface area contributed by atoms with Crippen molar-refractivity contribution in [2.24, 2.45) is 11.7 Å². The molecule has 1 aliphatic carbocycles. The number of rotatable bonds is 3. The number of hydrogen-bond acceptors (Lipinski definition) is 3. The lowest BCUT2D eigenvalue weighted by Crippen LogP contribution is -2.17. The molecule has 15 heavy (non-hydrogen) atoms. The molecule has 1 aliphatic rings. The van der Waals surface area contributed by atoms with Crippen LogP contribution in [0, 0.1) is 5.92 Å². The van der Waals surface area contributed by atoms with Crippen LogP contribution in [0.15, 0.2) is 18.7 Å².